The fourth-order valence-electron chi connectivity index (χ4n) is 1.38. The first-order chi connectivity index (χ1) is 8.86. The van der Waals surface area contributed by atoms with Gasteiger partial charge in [-0.2, -0.15) is 5.26 Å². The highest BCUT2D eigenvalue weighted by molar-refractivity contribution is 6.18. The van der Waals surface area contributed by atoms with Gasteiger partial charge in [0.15, 0.2) is 0 Å². The molecule has 0 aromatic heterocycles. The van der Waals surface area contributed by atoms with Crippen LogP contribution >= 0.6 is 11.6 Å². The second kappa shape index (κ2) is 6.44. The van der Waals surface area contributed by atoms with Crippen molar-refractivity contribution in [2.75, 3.05) is 11.2 Å². The molecule has 1 N–H and O–H groups in total. The van der Waals surface area contributed by atoms with Crippen molar-refractivity contribution in [1.82, 2.24) is 0 Å². The molecule has 0 spiro atoms. The van der Waals surface area contributed by atoms with Crippen molar-refractivity contribution < 1.29 is 9.53 Å². The summed E-state index contributed by atoms with van der Waals surface area (Å²) in [5, 5.41) is 11.4. The van der Waals surface area contributed by atoms with Crippen molar-refractivity contribution in [2.24, 2.45) is 5.41 Å². The van der Waals surface area contributed by atoms with E-state index in [2.05, 4.69) is 5.32 Å². The average Bonchev–Trinajstić information content (AvgIpc) is 2.34. The fraction of sp³-hybridized carbons (Fsp3) is 0.429. The van der Waals surface area contributed by atoms with E-state index in [4.69, 9.17) is 21.6 Å². The molecule has 0 fully saturated rings. The van der Waals surface area contributed by atoms with Crippen molar-refractivity contribution in [3.8, 4) is 6.07 Å². The lowest BCUT2D eigenvalue weighted by Crippen LogP contribution is -2.34. The number of rotatable bonds is 3. The van der Waals surface area contributed by atoms with Crippen molar-refractivity contribution in [1.29, 1.82) is 5.26 Å². The van der Waals surface area contributed by atoms with Crippen LogP contribution in [0, 0.1) is 16.7 Å². The first-order valence-electron chi connectivity index (χ1n) is 5.90. The molecule has 1 atom stereocenters. The highest BCUT2D eigenvalue weighted by Crippen LogP contribution is 2.24. The Labute approximate surface area is 118 Å². The summed E-state index contributed by atoms with van der Waals surface area (Å²) in [7, 11) is 0. The molecule has 1 aromatic carbocycles. The highest BCUT2D eigenvalue weighted by atomic mass is 35.5. The average molecular weight is 281 g/mol. The molecule has 1 amide bonds. The molecule has 0 heterocycles. The molecular formula is C14H17ClN2O2. The summed E-state index contributed by atoms with van der Waals surface area (Å²) in [4.78, 5) is 11.8. The van der Waals surface area contributed by atoms with Crippen LogP contribution in [-0.2, 0) is 4.74 Å². The third-order valence-corrected chi connectivity index (χ3v) is 2.87. The van der Waals surface area contributed by atoms with Crippen LogP contribution in [-0.4, -0.2) is 18.1 Å². The third kappa shape index (κ3) is 4.80. The number of amides is 1. The molecule has 0 saturated carbocycles. The Bertz CT molecular complexity index is 489. The van der Waals surface area contributed by atoms with Crippen LogP contribution in [0.25, 0.3) is 0 Å². The van der Waals surface area contributed by atoms with Crippen molar-refractivity contribution in [3.63, 3.8) is 0 Å². The van der Waals surface area contributed by atoms with Gasteiger partial charge < -0.3 is 4.74 Å². The van der Waals surface area contributed by atoms with Gasteiger partial charge in [-0.15, -0.1) is 11.6 Å². The molecule has 0 aliphatic heterocycles. The third-order valence-electron chi connectivity index (χ3n) is 2.59. The number of carbonyl (C=O) groups excluding carboxylic acids is 1. The van der Waals surface area contributed by atoms with E-state index in [1.165, 1.54) is 0 Å². The summed E-state index contributed by atoms with van der Waals surface area (Å²) in [5.41, 5.74) is 0.766. The van der Waals surface area contributed by atoms with Gasteiger partial charge in [0.05, 0.1) is 17.5 Å². The quantitative estimate of drug-likeness (QED) is 0.858. The number of benzene rings is 1. The first kappa shape index (κ1) is 15.3. The van der Waals surface area contributed by atoms with Gasteiger partial charge in [0, 0.05) is 11.1 Å². The van der Waals surface area contributed by atoms with E-state index >= 15 is 0 Å². The van der Waals surface area contributed by atoms with Gasteiger partial charge in [0.2, 0.25) is 0 Å². The Morgan fingerprint density at radius 3 is 2.74 bits per heavy atom. The van der Waals surface area contributed by atoms with Crippen molar-refractivity contribution in [2.45, 2.75) is 26.9 Å². The minimum absolute atomic E-state index is 0.229. The summed E-state index contributed by atoms with van der Waals surface area (Å²) < 4.78 is 5.28. The lowest BCUT2D eigenvalue weighted by molar-refractivity contribution is 0.0550. The van der Waals surface area contributed by atoms with Crippen LogP contribution in [0.3, 0.4) is 0 Å². The zero-order chi connectivity index (χ0) is 14.5. The number of hydrogen-bond acceptors (Lipinski definition) is 3. The Balaban J connectivity index is 2.67. The predicted molar refractivity (Wildman–Crippen MR) is 75.2 cm³/mol. The van der Waals surface area contributed by atoms with Crippen LogP contribution in [0.4, 0.5) is 10.5 Å². The van der Waals surface area contributed by atoms with Crippen LogP contribution < -0.4 is 5.32 Å². The molecule has 5 heteroatoms. The van der Waals surface area contributed by atoms with Crippen molar-refractivity contribution >= 4 is 23.4 Å². The lowest BCUT2D eigenvalue weighted by atomic mass is 9.90. The maximum absolute atomic E-state index is 11.8. The van der Waals surface area contributed by atoms with Gasteiger partial charge in [-0.25, -0.2) is 4.79 Å². The zero-order valence-electron chi connectivity index (χ0n) is 11.2. The smallest absolute Gasteiger partial charge is 0.411 e. The molecule has 0 aliphatic carbocycles. The molecule has 0 aliphatic rings. The van der Waals surface area contributed by atoms with Gasteiger partial charge in [-0.05, 0) is 18.2 Å². The van der Waals surface area contributed by atoms with Gasteiger partial charge >= 0.3 is 6.09 Å². The van der Waals surface area contributed by atoms with Gasteiger partial charge in [-0.3, -0.25) is 5.32 Å². The normalized spacial score (nSPS) is 12.4. The SMILES string of the molecule is CC(C)(C)C(CCl)OC(=O)Nc1cccc(C#N)c1. The monoisotopic (exact) mass is 280 g/mol. The Morgan fingerprint density at radius 1 is 1.53 bits per heavy atom. The number of nitriles is 1. The van der Waals surface area contributed by atoms with E-state index in [9.17, 15) is 4.79 Å². The number of nitrogens with zero attached hydrogens (tertiary/aromatic N) is 1. The number of carbonyl (C=O) groups is 1. The number of anilines is 1. The Kier molecular flexibility index (Phi) is 5.20. The molecule has 0 bridgehead atoms. The zero-order valence-corrected chi connectivity index (χ0v) is 12.0. The number of hydrogen-bond donors (Lipinski definition) is 1. The summed E-state index contributed by atoms with van der Waals surface area (Å²) >= 11 is 5.80. The van der Waals surface area contributed by atoms with Gasteiger partial charge in [-0.1, -0.05) is 26.8 Å². The summed E-state index contributed by atoms with van der Waals surface area (Å²) in [5.74, 6) is 0.231. The second-order valence-corrected chi connectivity index (χ2v) is 5.54. The largest absolute Gasteiger partial charge is 0.444 e. The molecule has 102 valence electrons. The highest BCUT2D eigenvalue weighted by Gasteiger charge is 2.27. The van der Waals surface area contributed by atoms with Gasteiger partial charge in [0.1, 0.15) is 6.10 Å². The lowest BCUT2D eigenvalue weighted by Gasteiger charge is -2.28. The van der Waals surface area contributed by atoms with Crippen molar-refractivity contribution in [3.05, 3.63) is 29.8 Å². The van der Waals surface area contributed by atoms with Crippen LogP contribution in [0.5, 0.6) is 0 Å². The molecule has 1 rings (SSSR count). The summed E-state index contributed by atoms with van der Waals surface area (Å²) in [6, 6.07) is 8.62. The number of nitrogens with one attached hydrogen (secondary N) is 1. The fourth-order valence-corrected chi connectivity index (χ4v) is 1.91. The summed E-state index contributed by atoms with van der Waals surface area (Å²) in [6.07, 6.45) is -0.955. The standard InChI is InChI=1S/C14H17ClN2O2/c1-14(2,3)12(8-15)19-13(18)17-11-6-4-5-10(7-11)9-16/h4-7,12H,8H2,1-3H3,(H,17,18). The second-order valence-electron chi connectivity index (χ2n) is 5.23. The predicted octanol–water partition coefficient (Wildman–Crippen LogP) is 3.76. The minimum Gasteiger partial charge on any atom is -0.444 e. The van der Waals surface area contributed by atoms with E-state index in [-0.39, 0.29) is 17.4 Å². The molecule has 0 radical (unpaired) electrons. The molecule has 0 saturated heterocycles. The van der Waals surface area contributed by atoms with Gasteiger partial charge in [0.25, 0.3) is 0 Å². The topological polar surface area (TPSA) is 62.1 Å². The van der Waals surface area contributed by atoms with E-state index in [1.54, 1.807) is 24.3 Å². The number of alkyl halides is 1. The molecular weight excluding hydrogens is 264 g/mol. The van der Waals surface area contributed by atoms with E-state index in [1.807, 2.05) is 26.8 Å². The first-order valence-corrected chi connectivity index (χ1v) is 6.44. The van der Waals surface area contributed by atoms with E-state index < -0.39 is 6.09 Å². The maximum Gasteiger partial charge on any atom is 0.411 e. The van der Waals surface area contributed by atoms with Crippen LogP contribution in [0.15, 0.2) is 24.3 Å². The molecule has 4 nitrogen and oxygen atoms in total. The summed E-state index contributed by atoms with van der Waals surface area (Å²) in [6.45, 7) is 5.84. The number of halogens is 1. The minimum atomic E-state index is -0.573. The molecule has 19 heavy (non-hydrogen) atoms. The molecule has 1 aromatic rings. The molecule has 1 unspecified atom stereocenters. The Morgan fingerprint density at radius 2 is 2.21 bits per heavy atom. The Hall–Kier alpha value is -1.73. The van der Waals surface area contributed by atoms with Crippen LogP contribution in [0.1, 0.15) is 26.3 Å². The maximum atomic E-state index is 11.8. The van der Waals surface area contributed by atoms with E-state index in [0.29, 0.717) is 11.3 Å². The van der Waals surface area contributed by atoms with E-state index in [0.717, 1.165) is 0 Å². The van der Waals surface area contributed by atoms with Crippen LogP contribution in [0.2, 0.25) is 0 Å². The number of ether oxygens (including phenoxy) is 1.